The molecule has 8 nitrogen and oxygen atoms in total. The fourth-order valence-electron chi connectivity index (χ4n) is 2.88. The number of nitrogens with one attached hydrogen (secondary N) is 1. The minimum atomic E-state index is -0.266. The number of aryl methyl sites for hydroxylation is 2. The number of para-hydroxylation sites is 1. The smallest absolute Gasteiger partial charge is 0.264 e. The van der Waals surface area contributed by atoms with E-state index in [1.165, 1.54) is 26.5 Å². The normalized spacial score (nSPS) is 11.3. The van der Waals surface area contributed by atoms with E-state index in [0.717, 1.165) is 23.4 Å². The number of aromatic nitrogens is 5. The van der Waals surface area contributed by atoms with Crippen molar-refractivity contribution in [2.24, 2.45) is 7.05 Å². The largest absolute Gasteiger partial charge is 0.355 e. The van der Waals surface area contributed by atoms with Crippen molar-refractivity contribution < 1.29 is 4.79 Å². The molecule has 0 spiro atoms. The number of carbonyl (C=O) groups excluding carboxylic acids is 1. The first-order chi connectivity index (χ1) is 13.1. The minimum absolute atomic E-state index is 0.0577. The highest BCUT2D eigenvalue weighted by Gasteiger charge is 2.10. The molecule has 3 aromatic heterocycles. The number of hydrogen-bond donors (Lipinski definition) is 1. The summed E-state index contributed by atoms with van der Waals surface area (Å²) in [6, 6.07) is 8.04. The zero-order valence-electron chi connectivity index (χ0n) is 14.8. The number of thiazole rings is 1. The molecule has 0 saturated heterocycles. The molecule has 0 unspecified atom stereocenters. The van der Waals surface area contributed by atoms with Crippen molar-refractivity contribution in [2.75, 3.05) is 6.54 Å². The summed E-state index contributed by atoms with van der Waals surface area (Å²) in [6.45, 7) is 0.476. The summed E-state index contributed by atoms with van der Waals surface area (Å²) in [5.41, 5.74) is 1.25. The quantitative estimate of drug-likeness (QED) is 0.510. The second kappa shape index (κ2) is 7.28. The van der Waals surface area contributed by atoms with Crippen LogP contribution in [0.25, 0.3) is 21.3 Å². The van der Waals surface area contributed by atoms with E-state index in [2.05, 4.69) is 26.4 Å². The van der Waals surface area contributed by atoms with Gasteiger partial charge < -0.3 is 5.32 Å². The van der Waals surface area contributed by atoms with Crippen LogP contribution in [0.15, 0.2) is 41.6 Å². The molecule has 0 aliphatic heterocycles. The van der Waals surface area contributed by atoms with Crippen molar-refractivity contribution in [3.8, 4) is 0 Å². The first-order valence-electron chi connectivity index (χ1n) is 8.60. The van der Waals surface area contributed by atoms with Gasteiger partial charge in [-0.3, -0.25) is 18.8 Å². The van der Waals surface area contributed by atoms with E-state index in [4.69, 9.17) is 0 Å². The third kappa shape index (κ3) is 3.59. The maximum atomic E-state index is 12.4. The van der Waals surface area contributed by atoms with E-state index >= 15 is 0 Å². The molecule has 4 aromatic rings. The van der Waals surface area contributed by atoms with Crippen molar-refractivity contribution in [3.05, 3.63) is 52.2 Å². The van der Waals surface area contributed by atoms with Gasteiger partial charge in [0.25, 0.3) is 5.56 Å². The number of benzene rings is 1. The van der Waals surface area contributed by atoms with Crippen LogP contribution in [0, 0.1) is 0 Å². The lowest BCUT2D eigenvalue weighted by molar-refractivity contribution is -0.121. The lowest BCUT2D eigenvalue weighted by Gasteiger charge is -2.06. The molecular formula is C18H18N6O2S. The topological polar surface area (TPSA) is 94.7 Å². The highest BCUT2D eigenvalue weighted by molar-refractivity contribution is 7.18. The number of hydrogen-bond acceptors (Lipinski definition) is 6. The third-order valence-electron chi connectivity index (χ3n) is 4.26. The summed E-state index contributed by atoms with van der Waals surface area (Å²) in [7, 11) is 1.72. The van der Waals surface area contributed by atoms with Gasteiger partial charge in [0.2, 0.25) is 5.91 Å². The molecule has 1 aromatic carbocycles. The zero-order chi connectivity index (χ0) is 18.8. The monoisotopic (exact) mass is 382 g/mol. The van der Waals surface area contributed by atoms with Crippen molar-refractivity contribution in [1.29, 1.82) is 0 Å². The molecule has 138 valence electrons. The van der Waals surface area contributed by atoms with Crippen LogP contribution in [0.5, 0.6) is 0 Å². The van der Waals surface area contributed by atoms with Gasteiger partial charge in [0.15, 0.2) is 5.65 Å². The molecule has 0 bridgehead atoms. The van der Waals surface area contributed by atoms with E-state index < -0.39 is 0 Å². The van der Waals surface area contributed by atoms with E-state index in [-0.39, 0.29) is 18.0 Å². The van der Waals surface area contributed by atoms with Crippen LogP contribution in [-0.2, 0) is 24.8 Å². The Kier molecular flexibility index (Phi) is 4.68. The Morgan fingerprint density at radius 3 is 3.00 bits per heavy atom. The van der Waals surface area contributed by atoms with Crippen LogP contribution in [-0.4, -0.2) is 36.8 Å². The molecule has 0 radical (unpaired) electrons. The molecule has 4 rings (SSSR count). The zero-order valence-corrected chi connectivity index (χ0v) is 15.6. The lowest BCUT2D eigenvalue weighted by Crippen LogP contribution is -2.33. The van der Waals surface area contributed by atoms with Crippen LogP contribution in [0.1, 0.15) is 11.4 Å². The number of amides is 1. The van der Waals surface area contributed by atoms with Crippen LogP contribution in [0.4, 0.5) is 0 Å². The second-order valence-electron chi connectivity index (χ2n) is 6.21. The Morgan fingerprint density at radius 1 is 1.30 bits per heavy atom. The molecular weight excluding hydrogens is 364 g/mol. The molecule has 27 heavy (non-hydrogen) atoms. The Morgan fingerprint density at radius 2 is 2.15 bits per heavy atom. The predicted molar refractivity (Wildman–Crippen MR) is 104 cm³/mol. The molecule has 0 saturated carbocycles. The molecule has 0 aliphatic carbocycles. The van der Waals surface area contributed by atoms with Crippen LogP contribution < -0.4 is 10.9 Å². The van der Waals surface area contributed by atoms with E-state index in [1.807, 2.05) is 18.2 Å². The van der Waals surface area contributed by atoms with Gasteiger partial charge in [-0.15, -0.1) is 11.3 Å². The fourth-order valence-corrected chi connectivity index (χ4v) is 3.89. The number of carbonyl (C=O) groups is 1. The Bertz CT molecular complexity index is 1140. The van der Waals surface area contributed by atoms with Gasteiger partial charge in [-0.25, -0.2) is 9.97 Å². The van der Waals surface area contributed by atoms with E-state index in [1.54, 1.807) is 18.4 Å². The molecule has 0 fully saturated rings. The van der Waals surface area contributed by atoms with Gasteiger partial charge in [-0.2, -0.15) is 5.10 Å². The number of nitrogens with zero attached hydrogens (tertiary/aromatic N) is 5. The van der Waals surface area contributed by atoms with Crippen molar-refractivity contribution >= 4 is 38.5 Å². The standard InChI is InChI=1S/C18H18N6O2S/c1-23-17-12(9-21-23)18(26)24(11-20-17)10-15(25)19-8-4-7-16-22-13-5-2-3-6-14(13)27-16/h2-3,5-6,9,11H,4,7-8,10H2,1H3,(H,19,25). The summed E-state index contributed by atoms with van der Waals surface area (Å²) >= 11 is 1.68. The van der Waals surface area contributed by atoms with Crippen molar-refractivity contribution in [3.63, 3.8) is 0 Å². The Balaban J connectivity index is 1.31. The average molecular weight is 382 g/mol. The van der Waals surface area contributed by atoms with Crippen LogP contribution in [0.2, 0.25) is 0 Å². The second-order valence-corrected chi connectivity index (χ2v) is 7.33. The minimum Gasteiger partial charge on any atom is -0.355 e. The summed E-state index contributed by atoms with van der Waals surface area (Å²) in [5, 5.41) is 8.33. The third-order valence-corrected chi connectivity index (χ3v) is 5.36. The van der Waals surface area contributed by atoms with Crippen molar-refractivity contribution in [1.82, 2.24) is 29.6 Å². The summed E-state index contributed by atoms with van der Waals surface area (Å²) in [6.07, 6.45) is 4.45. The molecule has 3 heterocycles. The van der Waals surface area contributed by atoms with Crippen LogP contribution in [0.3, 0.4) is 0 Å². The van der Waals surface area contributed by atoms with Gasteiger partial charge in [0.1, 0.15) is 18.3 Å². The van der Waals surface area contributed by atoms with Gasteiger partial charge >= 0.3 is 0 Å². The summed E-state index contributed by atoms with van der Waals surface area (Å²) < 4.78 is 4.00. The van der Waals surface area contributed by atoms with Gasteiger partial charge in [0.05, 0.1) is 21.4 Å². The molecule has 0 atom stereocenters. The first kappa shape index (κ1) is 17.3. The maximum absolute atomic E-state index is 12.4. The SMILES string of the molecule is Cn1ncc2c(=O)n(CC(=O)NCCCc3nc4ccccc4s3)cnc21. The lowest BCUT2D eigenvalue weighted by atomic mass is 10.3. The van der Waals surface area contributed by atoms with Gasteiger partial charge in [-0.05, 0) is 18.6 Å². The Labute approximate surface area is 158 Å². The molecule has 0 aliphatic rings. The van der Waals surface area contributed by atoms with Gasteiger partial charge in [0, 0.05) is 20.0 Å². The number of fused-ring (bicyclic) bond motifs is 2. The average Bonchev–Trinajstić information content (AvgIpc) is 3.25. The highest BCUT2D eigenvalue weighted by Crippen LogP contribution is 2.22. The fraction of sp³-hybridized carbons (Fsp3) is 0.278. The van der Waals surface area contributed by atoms with Crippen LogP contribution >= 0.6 is 11.3 Å². The summed E-state index contributed by atoms with van der Waals surface area (Å²) in [5.74, 6) is -0.216. The predicted octanol–water partition coefficient (Wildman–Crippen LogP) is 1.49. The molecule has 1 N–H and O–H groups in total. The van der Waals surface area contributed by atoms with E-state index in [0.29, 0.717) is 17.6 Å². The highest BCUT2D eigenvalue weighted by atomic mass is 32.1. The maximum Gasteiger partial charge on any atom is 0.264 e. The van der Waals surface area contributed by atoms with Gasteiger partial charge in [-0.1, -0.05) is 12.1 Å². The molecule has 9 heteroatoms. The summed E-state index contributed by atoms with van der Waals surface area (Å²) in [4.78, 5) is 33.3. The first-order valence-corrected chi connectivity index (χ1v) is 9.42. The molecule has 1 amide bonds. The van der Waals surface area contributed by atoms with E-state index in [9.17, 15) is 9.59 Å². The Hall–Kier alpha value is -3.07. The number of rotatable bonds is 6. The van der Waals surface area contributed by atoms with Crippen molar-refractivity contribution in [2.45, 2.75) is 19.4 Å².